The summed E-state index contributed by atoms with van der Waals surface area (Å²) in [6, 6.07) is 3.62. The van der Waals surface area contributed by atoms with Gasteiger partial charge in [0, 0.05) is 30.1 Å². The highest BCUT2D eigenvalue weighted by molar-refractivity contribution is 7.14. The van der Waals surface area contributed by atoms with Crippen LogP contribution in [-0.4, -0.2) is 38.8 Å². The second-order valence-electron chi connectivity index (χ2n) is 6.89. The number of primary amides is 1. The van der Waals surface area contributed by atoms with E-state index in [1.54, 1.807) is 10.7 Å². The molecule has 0 spiro atoms. The lowest BCUT2D eigenvalue weighted by Crippen LogP contribution is -2.31. The van der Waals surface area contributed by atoms with Crippen LogP contribution in [0.1, 0.15) is 68.5 Å². The summed E-state index contributed by atoms with van der Waals surface area (Å²) in [6.07, 6.45) is 2.15. The molecule has 1 aliphatic heterocycles. The summed E-state index contributed by atoms with van der Waals surface area (Å²) < 4.78 is 1.74. The zero-order valence-corrected chi connectivity index (χ0v) is 16.6. The molecular formula is C19H24N4O3S. The van der Waals surface area contributed by atoms with Gasteiger partial charge in [0.2, 0.25) is 5.91 Å². The van der Waals surface area contributed by atoms with Gasteiger partial charge in [0.25, 0.3) is 5.91 Å². The Morgan fingerprint density at radius 3 is 2.63 bits per heavy atom. The molecule has 3 heterocycles. The summed E-state index contributed by atoms with van der Waals surface area (Å²) in [4.78, 5) is 39.3. The van der Waals surface area contributed by atoms with E-state index in [4.69, 9.17) is 5.73 Å². The monoisotopic (exact) mass is 388 g/mol. The molecule has 0 radical (unpaired) electrons. The van der Waals surface area contributed by atoms with E-state index in [0.717, 1.165) is 23.4 Å². The van der Waals surface area contributed by atoms with Gasteiger partial charge in [0.15, 0.2) is 5.78 Å². The predicted octanol–water partition coefficient (Wildman–Crippen LogP) is 2.62. The van der Waals surface area contributed by atoms with Crippen molar-refractivity contribution in [1.82, 2.24) is 14.7 Å². The van der Waals surface area contributed by atoms with Gasteiger partial charge in [-0.25, -0.2) is 0 Å². The SMILES string of the molecule is CC(=O)c1c(C)nn(CCC(=O)N2CCCC2c2ccc(C(N)=O)s2)c1C. The van der Waals surface area contributed by atoms with Crippen LogP contribution in [0, 0.1) is 13.8 Å². The minimum absolute atomic E-state index is 0.00355. The quantitative estimate of drug-likeness (QED) is 0.769. The molecule has 0 saturated carbocycles. The van der Waals surface area contributed by atoms with Crippen molar-refractivity contribution in [2.45, 2.75) is 52.6 Å². The summed E-state index contributed by atoms with van der Waals surface area (Å²) in [5.41, 5.74) is 7.48. The van der Waals surface area contributed by atoms with Crippen molar-refractivity contribution in [1.29, 1.82) is 0 Å². The van der Waals surface area contributed by atoms with Gasteiger partial charge in [-0.3, -0.25) is 19.1 Å². The number of hydrogen-bond acceptors (Lipinski definition) is 5. The van der Waals surface area contributed by atoms with Crippen molar-refractivity contribution in [3.63, 3.8) is 0 Å². The van der Waals surface area contributed by atoms with Crippen LogP contribution in [0.15, 0.2) is 12.1 Å². The van der Waals surface area contributed by atoms with Crippen LogP contribution in [0.5, 0.6) is 0 Å². The molecule has 27 heavy (non-hydrogen) atoms. The van der Waals surface area contributed by atoms with Gasteiger partial charge >= 0.3 is 0 Å². The van der Waals surface area contributed by atoms with Crippen molar-refractivity contribution in [2.75, 3.05) is 6.54 Å². The van der Waals surface area contributed by atoms with Gasteiger partial charge in [0.1, 0.15) is 0 Å². The molecule has 8 heteroatoms. The van der Waals surface area contributed by atoms with Gasteiger partial charge in [-0.1, -0.05) is 0 Å². The first-order chi connectivity index (χ1) is 12.8. The second-order valence-corrected chi connectivity index (χ2v) is 8.00. The summed E-state index contributed by atoms with van der Waals surface area (Å²) in [7, 11) is 0. The van der Waals surface area contributed by atoms with E-state index in [1.807, 2.05) is 24.8 Å². The summed E-state index contributed by atoms with van der Waals surface area (Å²) in [5.74, 6) is -0.387. The van der Waals surface area contributed by atoms with E-state index in [2.05, 4.69) is 5.10 Å². The highest BCUT2D eigenvalue weighted by Gasteiger charge is 2.31. The molecule has 3 rings (SSSR count). The maximum Gasteiger partial charge on any atom is 0.258 e. The van der Waals surface area contributed by atoms with Crippen molar-refractivity contribution < 1.29 is 14.4 Å². The number of carbonyl (C=O) groups is 3. The summed E-state index contributed by atoms with van der Waals surface area (Å²) in [5, 5.41) is 4.41. The van der Waals surface area contributed by atoms with E-state index < -0.39 is 5.91 Å². The maximum atomic E-state index is 12.8. The van der Waals surface area contributed by atoms with Crippen LogP contribution >= 0.6 is 11.3 Å². The standard InChI is InChI=1S/C19H24N4O3S/c1-11-18(13(3)24)12(2)23(21-11)10-8-17(25)22-9-4-5-14(22)15-6-7-16(27-15)19(20)26/h6-7,14H,4-5,8-10H2,1-3H3,(H2,20,26). The number of amides is 2. The molecule has 144 valence electrons. The minimum Gasteiger partial charge on any atom is -0.365 e. The molecule has 2 aromatic heterocycles. The lowest BCUT2D eigenvalue weighted by atomic mass is 10.1. The van der Waals surface area contributed by atoms with E-state index >= 15 is 0 Å². The zero-order chi connectivity index (χ0) is 19.7. The summed E-state index contributed by atoms with van der Waals surface area (Å²) in [6.45, 7) is 6.35. The van der Waals surface area contributed by atoms with Gasteiger partial charge in [0.05, 0.1) is 22.2 Å². The third-order valence-electron chi connectivity index (χ3n) is 5.04. The van der Waals surface area contributed by atoms with Gasteiger partial charge in [-0.2, -0.15) is 5.10 Å². The molecule has 0 bridgehead atoms. The molecule has 1 aliphatic rings. The van der Waals surface area contributed by atoms with Gasteiger partial charge in [-0.05, 0) is 45.7 Å². The first-order valence-electron chi connectivity index (χ1n) is 9.03. The lowest BCUT2D eigenvalue weighted by molar-refractivity contribution is -0.132. The fourth-order valence-corrected chi connectivity index (χ4v) is 4.80. The number of likely N-dealkylation sites (tertiary alicyclic amines) is 1. The third-order valence-corrected chi connectivity index (χ3v) is 6.24. The van der Waals surface area contributed by atoms with E-state index in [-0.39, 0.29) is 17.7 Å². The smallest absolute Gasteiger partial charge is 0.258 e. The Bertz CT molecular complexity index is 899. The Morgan fingerprint density at radius 2 is 2.04 bits per heavy atom. The number of Topliss-reactive ketones (excluding diaryl/α,β-unsaturated/α-hetero) is 1. The molecule has 1 saturated heterocycles. The van der Waals surface area contributed by atoms with Crippen molar-refractivity contribution in [3.8, 4) is 0 Å². The average molecular weight is 388 g/mol. The highest BCUT2D eigenvalue weighted by Crippen LogP contribution is 2.36. The Kier molecular flexibility index (Phi) is 5.46. The van der Waals surface area contributed by atoms with Crippen LogP contribution in [0.3, 0.4) is 0 Å². The number of aromatic nitrogens is 2. The number of carbonyl (C=O) groups excluding carboxylic acids is 3. The first kappa shape index (κ1) is 19.3. The number of nitrogens with two attached hydrogens (primary N) is 1. The molecule has 1 unspecified atom stereocenters. The molecule has 0 aromatic carbocycles. The average Bonchev–Trinajstić information content (AvgIpc) is 3.30. The van der Waals surface area contributed by atoms with Crippen molar-refractivity contribution in [2.24, 2.45) is 5.73 Å². The fourth-order valence-electron chi connectivity index (χ4n) is 3.79. The Morgan fingerprint density at radius 1 is 1.30 bits per heavy atom. The fraction of sp³-hybridized carbons (Fsp3) is 0.474. The number of ketones is 1. The number of thiophene rings is 1. The minimum atomic E-state index is -0.437. The first-order valence-corrected chi connectivity index (χ1v) is 9.85. The number of nitrogens with zero attached hydrogens (tertiary/aromatic N) is 3. The Balaban J connectivity index is 1.69. The van der Waals surface area contributed by atoms with Crippen LogP contribution < -0.4 is 5.73 Å². The van der Waals surface area contributed by atoms with E-state index in [1.165, 1.54) is 18.3 Å². The Labute approximate surface area is 162 Å². The van der Waals surface area contributed by atoms with Gasteiger partial charge < -0.3 is 10.6 Å². The van der Waals surface area contributed by atoms with Crippen LogP contribution in [-0.2, 0) is 11.3 Å². The molecular weight excluding hydrogens is 364 g/mol. The molecule has 2 aromatic rings. The van der Waals surface area contributed by atoms with Crippen molar-refractivity contribution in [3.05, 3.63) is 38.8 Å². The molecule has 1 atom stereocenters. The third kappa shape index (κ3) is 3.80. The number of aryl methyl sites for hydroxylation is 2. The Hall–Kier alpha value is -2.48. The number of hydrogen-bond donors (Lipinski definition) is 1. The molecule has 1 fully saturated rings. The maximum absolute atomic E-state index is 12.8. The molecule has 2 N–H and O–H groups in total. The molecule has 0 aliphatic carbocycles. The van der Waals surface area contributed by atoms with E-state index in [0.29, 0.717) is 35.6 Å². The summed E-state index contributed by atoms with van der Waals surface area (Å²) >= 11 is 1.36. The van der Waals surface area contributed by atoms with Crippen LogP contribution in [0.4, 0.5) is 0 Å². The van der Waals surface area contributed by atoms with Crippen molar-refractivity contribution >= 4 is 28.9 Å². The van der Waals surface area contributed by atoms with Gasteiger partial charge in [-0.15, -0.1) is 11.3 Å². The largest absolute Gasteiger partial charge is 0.365 e. The molecule has 2 amide bonds. The number of rotatable bonds is 6. The molecule has 7 nitrogen and oxygen atoms in total. The lowest BCUT2D eigenvalue weighted by Gasteiger charge is -2.24. The normalized spacial score (nSPS) is 16.7. The van der Waals surface area contributed by atoms with Crippen LogP contribution in [0.25, 0.3) is 0 Å². The van der Waals surface area contributed by atoms with Crippen LogP contribution in [0.2, 0.25) is 0 Å². The zero-order valence-electron chi connectivity index (χ0n) is 15.8. The topological polar surface area (TPSA) is 98.3 Å². The van der Waals surface area contributed by atoms with E-state index in [9.17, 15) is 14.4 Å². The highest BCUT2D eigenvalue weighted by atomic mass is 32.1. The predicted molar refractivity (Wildman–Crippen MR) is 103 cm³/mol. The second kappa shape index (κ2) is 7.64.